The van der Waals surface area contributed by atoms with Crippen molar-refractivity contribution in [2.75, 3.05) is 13.1 Å². The molecule has 0 bridgehead atoms. The van der Waals surface area contributed by atoms with Crippen molar-refractivity contribution in [2.45, 2.75) is 33.1 Å². The highest BCUT2D eigenvalue weighted by Gasteiger charge is 2.02. The van der Waals surface area contributed by atoms with Crippen molar-refractivity contribution >= 4 is 0 Å². The van der Waals surface area contributed by atoms with Crippen molar-refractivity contribution in [1.29, 1.82) is 0 Å². The van der Waals surface area contributed by atoms with Gasteiger partial charge in [0.05, 0.1) is 0 Å². The third-order valence-electron chi connectivity index (χ3n) is 1.56. The predicted molar refractivity (Wildman–Crippen MR) is 47.5 cm³/mol. The van der Waals surface area contributed by atoms with Crippen molar-refractivity contribution in [3.63, 3.8) is 0 Å². The van der Waals surface area contributed by atoms with Crippen LogP contribution >= 0.6 is 0 Å². The minimum atomic E-state index is -2.30. The molecule has 0 aliphatic rings. The molecular formula is C9H17F2N. The third kappa shape index (κ3) is 6.28. The number of hydrogen-bond donors (Lipinski definition) is 1. The molecule has 0 aromatic carbocycles. The normalized spacial score (nSPS) is 12.6. The fraction of sp³-hybridized carbons (Fsp3) is 0.778. The average Bonchev–Trinajstić information content (AvgIpc) is 2.03. The number of halogens is 2. The van der Waals surface area contributed by atoms with E-state index >= 15 is 0 Å². The lowest BCUT2D eigenvalue weighted by atomic mass is 10.2. The van der Waals surface area contributed by atoms with E-state index in [1.54, 1.807) is 6.08 Å². The van der Waals surface area contributed by atoms with Crippen LogP contribution in [0.15, 0.2) is 11.6 Å². The van der Waals surface area contributed by atoms with Gasteiger partial charge in [-0.25, -0.2) is 8.78 Å². The molecule has 0 aromatic rings. The van der Waals surface area contributed by atoms with Crippen LogP contribution < -0.4 is 5.32 Å². The SMILES string of the molecule is CCCNCC/C=C(/C)C(F)F. The number of hydrogen-bond acceptors (Lipinski definition) is 1. The minimum Gasteiger partial charge on any atom is -0.316 e. The molecule has 0 heterocycles. The molecule has 1 nitrogen and oxygen atoms in total. The molecule has 1 N–H and O–H groups in total. The maximum Gasteiger partial charge on any atom is 0.259 e. The summed E-state index contributed by atoms with van der Waals surface area (Å²) >= 11 is 0. The molecule has 0 saturated carbocycles. The summed E-state index contributed by atoms with van der Waals surface area (Å²) in [4.78, 5) is 0. The molecule has 72 valence electrons. The Morgan fingerprint density at radius 1 is 1.42 bits per heavy atom. The van der Waals surface area contributed by atoms with Gasteiger partial charge in [-0.1, -0.05) is 13.0 Å². The van der Waals surface area contributed by atoms with Crippen LogP contribution in [0.25, 0.3) is 0 Å². The number of rotatable bonds is 6. The summed E-state index contributed by atoms with van der Waals surface area (Å²) in [7, 11) is 0. The first-order chi connectivity index (χ1) is 5.68. The van der Waals surface area contributed by atoms with Crippen molar-refractivity contribution in [3.8, 4) is 0 Å². The summed E-state index contributed by atoms with van der Waals surface area (Å²) in [5, 5.41) is 3.14. The molecule has 12 heavy (non-hydrogen) atoms. The monoisotopic (exact) mass is 177 g/mol. The van der Waals surface area contributed by atoms with Gasteiger partial charge >= 0.3 is 0 Å². The molecule has 0 rings (SSSR count). The molecule has 0 aliphatic heterocycles. The average molecular weight is 177 g/mol. The molecule has 0 radical (unpaired) electrons. The fourth-order valence-electron chi connectivity index (χ4n) is 0.793. The third-order valence-corrected chi connectivity index (χ3v) is 1.56. The molecule has 0 spiro atoms. The van der Waals surface area contributed by atoms with Gasteiger partial charge in [-0.2, -0.15) is 0 Å². The zero-order valence-corrected chi connectivity index (χ0v) is 7.74. The van der Waals surface area contributed by atoms with Gasteiger partial charge in [0, 0.05) is 0 Å². The largest absolute Gasteiger partial charge is 0.316 e. The standard InChI is InChI=1S/C9H17F2N/c1-3-6-12-7-4-5-8(2)9(10)11/h5,9,12H,3-4,6-7H2,1-2H3/b8-5-. The van der Waals surface area contributed by atoms with Crippen molar-refractivity contribution in [1.82, 2.24) is 5.32 Å². The smallest absolute Gasteiger partial charge is 0.259 e. The van der Waals surface area contributed by atoms with Gasteiger partial charge in [-0.3, -0.25) is 0 Å². The molecule has 0 amide bonds. The van der Waals surface area contributed by atoms with Crippen LogP contribution in [0.3, 0.4) is 0 Å². The van der Waals surface area contributed by atoms with Crippen LogP contribution in [0.4, 0.5) is 8.78 Å². The van der Waals surface area contributed by atoms with Gasteiger partial charge in [0.1, 0.15) is 0 Å². The zero-order valence-electron chi connectivity index (χ0n) is 7.74. The Labute approximate surface area is 72.9 Å². The summed E-state index contributed by atoms with van der Waals surface area (Å²) in [6.45, 7) is 5.29. The second-order valence-corrected chi connectivity index (χ2v) is 2.79. The van der Waals surface area contributed by atoms with E-state index in [-0.39, 0.29) is 5.57 Å². The maximum absolute atomic E-state index is 11.9. The molecule has 0 aromatic heterocycles. The highest BCUT2D eigenvalue weighted by Crippen LogP contribution is 2.07. The van der Waals surface area contributed by atoms with E-state index in [1.807, 2.05) is 0 Å². The van der Waals surface area contributed by atoms with Crippen LogP contribution in [0.2, 0.25) is 0 Å². The lowest BCUT2D eigenvalue weighted by molar-refractivity contribution is 0.189. The number of allylic oxidation sites excluding steroid dienone is 1. The van der Waals surface area contributed by atoms with Gasteiger partial charge in [-0.05, 0) is 38.4 Å². The van der Waals surface area contributed by atoms with Crippen LogP contribution in [0, 0.1) is 0 Å². The molecule has 3 heteroatoms. The highest BCUT2D eigenvalue weighted by atomic mass is 19.3. The summed E-state index contributed by atoms with van der Waals surface area (Å²) in [5.41, 5.74) is 0.174. The first kappa shape index (κ1) is 11.6. The first-order valence-corrected chi connectivity index (χ1v) is 4.34. The van der Waals surface area contributed by atoms with Crippen molar-refractivity contribution in [3.05, 3.63) is 11.6 Å². The summed E-state index contributed by atoms with van der Waals surface area (Å²) < 4.78 is 23.8. The Balaban J connectivity index is 3.34. The van der Waals surface area contributed by atoms with Crippen molar-refractivity contribution < 1.29 is 8.78 Å². The number of nitrogens with one attached hydrogen (secondary N) is 1. The quantitative estimate of drug-likeness (QED) is 0.485. The van der Waals surface area contributed by atoms with E-state index in [1.165, 1.54) is 6.92 Å². The second-order valence-electron chi connectivity index (χ2n) is 2.79. The van der Waals surface area contributed by atoms with E-state index in [2.05, 4.69) is 12.2 Å². The van der Waals surface area contributed by atoms with Crippen LogP contribution in [-0.2, 0) is 0 Å². The van der Waals surface area contributed by atoms with E-state index < -0.39 is 6.43 Å². The second kappa shape index (κ2) is 7.22. The summed E-state index contributed by atoms with van der Waals surface area (Å²) in [6.07, 6.45) is 1.07. The fourth-order valence-corrected chi connectivity index (χ4v) is 0.793. The Bertz CT molecular complexity index is 132. The van der Waals surface area contributed by atoms with E-state index in [0.29, 0.717) is 6.42 Å². The Kier molecular flexibility index (Phi) is 6.96. The Morgan fingerprint density at radius 2 is 2.08 bits per heavy atom. The highest BCUT2D eigenvalue weighted by molar-refractivity contribution is 5.00. The van der Waals surface area contributed by atoms with Gasteiger partial charge in [0.2, 0.25) is 0 Å². The van der Waals surface area contributed by atoms with Crippen molar-refractivity contribution in [2.24, 2.45) is 0 Å². The molecule has 0 saturated heterocycles. The first-order valence-electron chi connectivity index (χ1n) is 4.34. The van der Waals surface area contributed by atoms with E-state index in [0.717, 1.165) is 19.5 Å². The molecule has 0 unspecified atom stereocenters. The van der Waals surface area contributed by atoms with Gasteiger partial charge in [0.25, 0.3) is 6.43 Å². The molecular weight excluding hydrogens is 160 g/mol. The van der Waals surface area contributed by atoms with Gasteiger partial charge < -0.3 is 5.32 Å². The van der Waals surface area contributed by atoms with Crippen LogP contribution in [0.1, 0.15) is 26.7 Å². The molecule has 0 fully saturated rings. The van der Waals surface area contributed by atoms with Crippen LogP contribution in [-0.4, -0.2) is 19.5 Å². The lowest BCUT2D eigenvalue weighted by Crippen LogP contribution is -2.15. The summed E-state index contributed by atoms with van der Waals surface area (Å²) in [5.74, 6) is 0. The Morgan fingerprint density at radius 3 is 2.58 bits per heavy atom. The van der Waals surface area contributed by atoms with Gasteiger partial charge in [-0.15, -0.1) is 0 Å². The van der Waals surface area contributed by atoms with E-state index in [4.69, 9.17) is 0 Å². The minimum absolute atomic E-state index is 0.174. The zero-order chi connectivity index (χ0) is 9.40. The van der Waals surface area contributed by atoms with E-state index in [9.17, 15) is 8.78 Å². The Hall–Kier alpha value is -0.440. The summed E-state index contributed by atoms with van der Waals surface area (Å²) in [6, 6.07) is 0. The molecule has 0 aliphatic carbocycles. The maximum atomic E-state index is 11.9. The predicted octanol–water partition coefficient (Wildman–Crippen LogP) is 2.59. The topological polar surface area (TPSA) is 12.0 Å². The lowest BCUT2D eigenvalue weighted by Gasteiger charge is -2.00. The molecule has 0 atom stereocenters. The number of alkyl halides is 2. The van der Waals surface area contributed by atoms with Crippen LogP contribution in [0.5, 0.6) is 0 Å². The van der Waals surface area contributed by atoms with Gasteiger partial charge in [0.15, 0.2) is 0 Å².